The third kappa shape index (κ3) is 2.48. The molecule has 2 aromatic carbocycles. The maximum Gasteiger partial charge on any atom is 0.212 e. The number of benzene rings is 2. The molecule has 1 unspecified atom stereocenters. The first-order valence-corrected chi connectivity index (χ1v) is 10.3. The van der Waals surface area contributed by atoms with E-state index in [2.05, 4.69) is 93.1 Å². The Morgan fingerprint density at radius 1 is 1.15 bits per heavy atom. The van der Waals surface area contributed by atoms with E-state index in [1.807, 2.05) is 6.07 Å². The highest BCUT2D eigenvalue weighted by Gasteiger charge is 2.58. The standard InChI is InChI=1S/C21H21Br2NO2/c1-20(2)16-6-3-4-7-18(16)24(10-5-11-25)21(20)9-8-14-12-15(22)13-17(23)19(14)26-21/h3-4,6-9,12-13,25H,5,10-11H2,1-2H3. The molecule has 3 nitrogen and oxygen atoms in total. The van der Waals surface area contributed by atoms with Gasteiger partial charge in [0.15, 0.2) is 0 Å². The number of ether oxygens (including phenoxy) is 1. The summed E-state index contributed by atoms with van der Waals surface area (Å²) in [6.45, 7) is 5.34. The van der Waals surface area contributed by atoms with Crippen molar-refractivity contribution < 1.29 is 9.84 Å². The Bertz CT molecular complexity index is 894. The number of anilines is 1. The fourth-order valence-corrected chi connectivity index (χ4v) is 5.49. The van der Waals surface area contributed by atoms with Crippen LogP contribution >= 0.6 is 31.9 Å². The van der Waals surface area contributed by atoms with Crippen molar-refractivity contribution in [3.8, 4) is 5.75 Å². The van der Waals surface area contributed by atoms with Crippen LogP contribution in [0, 0.1) is 0 Å². The lowest BCUT2D eigenvalue weighted by molar-refractivity contribution is 0.0516. The molecule has 1 atom stereocenters. The molecule has 0 aromatic heterocycles. The summed E-state index contributed by atoms with van der Waals surface area (Å²) in [6, 6.07) is 12.5. The molecule has 2 aromatic rings. The van der Waals surface area contributed by atoms with Gasteiger partial charge in [0, 0.05) is 28.9 Å². The largest absolute Gasteiger partial charge is 0.462 e. The molecule has 5 heteroatoms. The first-order valence-electron chi connectivity index (χ1n) is 8.76. The lowest BCUT2D eigenvalue weighted by Crippen LogP contribution is -2.59. The van der Waals surface area contributed by atoms with Crippen LogP contribution in [-0.4, -0.2) is 24.0 Å². The molecule has 0 saturated carbocycles. The highest BCUT2D eigenvalue weighted by molar-refractivity contribution is 9.11. The lowest BCUT2D eigenvalue weighted by atomic mass is 9.76. The molecule has 1 spiro atoms. The van der Waals surface area contributed by atoms with Crippen LogP contribution in [0.25, 0.3) is 6.08 Å². The van der Waals surface area contributed by atoms with E-state index in [0.29, 0.717) is 6.42 Å². The number of aliphatic hydroxyl groups excluding tert-OH is 1. The number of rotatable bonds is 3. The fourth-order valence-electron chi connectivity index (χ4n) is 4.15. The average molecular weight is 479 g/mol. The van der Waals surface area contributed by atoms with Crippen molar-refractivity contribution in [2.75, 3.05) is 18.1 Å². The molecule has 2 aliphatic rings. The van der Waals surface area contributed by atoms with Crippen molar-refractivity contribution >= 4 is 43.6 Å². The Hall–Kier alpha value is -1.30. The third-order valence-electron chi connectivity index (χ3n) is 5.49. The molecule has 4 rings (SSSR count). The molecular weight excluding hydrogens is 458 g/mol. The Kier molecular flexibility index (Phi) is 4.45. The summed E-state index contributed by atoms with van der Waals surface area (Å²) in [4.78, 5) is 2.30. The molecule has 2 heterocycles. The minimum absolute atomic E-state index is 0.159. The molecule has 0 fully saturated rings. The minimum Gasteiger partial charge on any atom is -0.462 e. The van der Waals surface area contributed by atoms with Gasteiger partial charge in [-0.3, -0.25) is 0 Å². The zero-order valence-electron chi connectivity index (χ0n) is 14.8. The van der Waals surface area contributed by atoms with E-state index in [9.17, 15) is 5.11 Å². The van der Waals surface area contributed by atoms with Crippen LogP contribution in [0.2, 0.25) is 0 Å². The first kappa shape index (κ1) is 18.1. The number of aliphatic hydroxyl groups is 1. The van der Waals surface area contributed by atoms with Gasteiger partial charge in [-0.15, -0.1) is 0 Å². The quantitative estimate of drug-likeness (QED) is 0.632. The minimum atomic E-state index is -0.630. The summed E-state index contributed by atoms with van der Waals surface area (Å²) in [6.07, 6.45) is 5.01. The van der Waals surface area contributed by atoms with Crippen LogP contribution in [0.3, 0.4) is 0 Å². The molecule has 0 aliphatic carbocycles. The van der Waals surface area contributed by atoms with Crippen molar-refractivity contribution in [3.05, 3.63) is 62.5 Å². The molecule has 26 heavy (non-hydrogen) atoms. The molecule has 2 aliphatic heterocycles. The van der Waals surface area contributed by atoms with Gasteiger partial charge in [0.05, 0.1) is 9.89 Å². The van der Waals surface area contributed by atoms with E-state index in [0.717, 1.165) is 26.8 Å². The smallest absolute Gasteiger partial charge is 0.212 e. The van der Waals surface area contributed by atoms with Crippen LogP contribution in [0.1, 0.15) is 31.4 Å². The second-order valence-electron chi connectivity index (χ2n) is 7.31. The van der Waals surface area contributed by atoms with Gasteiger partial charge in [0.2, 0.25) is 5.72 Å². The van der Waals surface area contributed by atoms with Crippen LogP contribution < -0.4 is 9.64 Å². The van der Waals surface area contributed by atoms with Crippen molar-refractivity contribution in [2.24, 2.45) is 0 Å². The second kappa shape index (κ2) is 6.39. The summed E-state index contributed by atoms with van der Waals surface area (Å²) in [5, 5.41) is 9.43. The lowest BCUT2D eigenvalue weighted by Gasteiger charge is -2.47. The number of para-hydroxylation sites is 1. The summed E-state index contributed by atoms with van der Waals surface area (Å²) in [5.41, 5.74) is 2.60. The van der Waals surface area contributed by atoms with Crippen molar-refractivity contribution in [1.82, 2.24) is 0 Å². The number of hydrogen-bond acceptors (Lipinski definition) is 3. The van der Waals surface area contributed by atoms with Crippen molar-refractivity contribution in [3.63, 3.8) is 0 Å². The van der Waals surface area contributed by atoms with Gasteiger partial charge in [-0.2, -0.15) is 0 Å². The molecule has 0 radical (unpaired) electrons. The Morgan fingerprint density at radius 3 is 2.69 bits per heavy atom. The molecule has 0 saturated heterocycles. The predicted molar refractivity (Wildman–Crippen MR) is 113 cm³/mol. The number of nitrogens with zero attached hydrogens (tertiary/aromatic N) is 1. The molecule has 1 N–H and O–H groups in total. The summed E-state index contributed by atoms with van der Waals surface area (Å²) < 4.78 is 8.71. The number of halogens is 2. The van der Waals surface area contributed by atoms with Gasteiger partial charge in [0.25, 0.3) is 0 Å². The van der Waals surface area contributed by atoms with Crippen LogP contribution in [0.5, 0.6) is 5.75 Å². The monoisotopic (exact) mass is 477 g/mol. The summed E-state index contributed by atoms with van der Waals surface area (Å²) in [5.74, 6) is 0.852. The third-order valence-corrected chi connectivity index (χ3v) is 6.53. The maximum atomic E-state index is 9.43. The van der Waals surface area contributed by atoms with Gasteiger partial charge in [-0.25, -0.2) is 0 Å². The van der Waals surface area contributed by atoms with Crippen LogP contribution in [-0.2, 0) is 5.41 Å². The number of hydrogen-bond donors (Lipinski definition) is 1. The van der Waals surface area contributed by atoms with E-state index in [1.54, 1.807) is 0 Å². The number of fused-ring (bicyclic) bond motifs is 2. The highest BCUT2D eigenvalue weighted by atomic mass is 79.9. The van der Waals surface area contributed by atoms with Gasteiger partial charge in [-0.05, 0) is 72.1 Å². The van der Waals surface area contributed by atoms with E-state index >= 15 is 0 Å². The van der Waals surface area contributed by atoms with Crippen molar-refractivity contribution in [2.45, 2.75) is 31.4 Å². The van der Waals surface area contributed by atoms with E-state index < -0.39 is 5.72 Å². The molecule has 0 amide bonds. The van der Waals surface area contributed by atoms with Gasteiger partial charge < -0.3 is 14.7 Å². The van der Waals surface area contributed by atoms with Gasteiger partial charge >= 0.3 is 0 Å². The normalized spacial score (nSPS) is 22.3. The van der Waals surface area contributed by atoms with Gasteiger partial charge in [0.1, 0.15) is 5.75 Å². The zero-order valence-corrected chi connectivity index (χ0v) is 18.0. The topological polar surface area (TPSA) is 32.7 Å². The summed E-state index contributed by atoms with van der Waals surface area (Å²) >= 11 is 7.21. The average Bonchev–Trinajstić information content (AvgIpc) is 2.79. The van der Waals surface area contributed by atoms with E-state index in [-0.39, 0.29) is 12.0 Å². The summed E-state index contributed by atoms with van der Waals surface area (Å²) in [7, 11) is 0. The van der Waals surface area contributed by atoms with Crippen molar-refractivity contribution in [1.29, 1.82) is 0 Å². The van der Waals surface area contributed by atoms with E-state index in [1.165, 1.54) is 11.3 Å². The molecule has 136 valence electrons. The van der Waals surface area contributed by atoms with E-state index in [4.69, 9.17) is 4.74 Å². The molecule has 0 bridgehead atoms. The highest BCUT2D eigenvalue weighted by Crippen LogP contribution is 2.55. The second-order valence-corrected chi connectivity index (χ2v) is 9.08. The van der Waals surface area contributed by atoms with Crippen LogP contribution in [0.15, 0.2) is 51.4 Å². The fraction of sp³-hybridized carbons (Fsp3) is 0.333. The Labute approximate surface area is 170 Å². The first-order chi connectivity index (χ1) is 12.4. The SMILES string of the molecule is CC1(C)c2ccccc2N(CCCO)C12C=Cc1cc(Br)cc(Br)c1O2. The maximum absolute atomic E-state index is 9.43. The predicted octanol–water partition coefficient (Wildman–Crippen LogP) is 5.49. The zero-order chi connectivity index (χ0) is 18.5. The molecular formula is C21H21Br2NO2. The van der Waals surface area contributed by atoms with Crippen LogP contribution in [0.4, 0.5) is 5.69 Å². The Balaban J connectivity index is 1.89. The van der Waals surface area contributed by atoms with Gasteiger partial charge in [-0.1, -0.05) is 34.1 Å². The Morgan fingerprint density at radius 2 is 1.92 bits per heavy atom.